The highest BCUT2D eigenvalue weighted by molar-refractivity contribution is 5.93. The molecule has 0 saturated carbocycles. The zero-order valence-corrected chi connectivity index (χ0v) is 11.5. The van der Waals surface area contributed by atoms with Crippen molar-refractivity contribution in [1.29, 1.82) is 0 Å². The lowest BCUT2D eigenvalue weighted by molar-refractivity contribution is -0.117. The van der Waals surface area contributed by atoms with Crippen molar-refractivity contribution < 1.29 is 14.3 Å². The lowest BCUT2D eigenvalue weighted by atomic mass is 10.1. The maximum absolute atomic E-state index is 11.8. The molecule has 0 aliphatic heterocycles. The predicted molar refractivity (Wildman–Crippen MR) is 71.3 cm³/mol. The van der Waals surface area contributed by atoms with E-state index in [1.165, 1.54) is 20.3 Å². The number of hydrogen-bond acceptors (Lipinski definition) is 6. The quantitative estimate of drug-likeness (QED) is 0.763. The van der Waals surface area contributed by atoms with E-state index in [1.807, 2.05) is 6.92 Å². The molecule has 0 spiro atoms. The van der Waals surface area contributed by atoms with Crippen LogP contribution in [-0.4, -0.2) is 36.1 Å². The first-order chi connectivity index (χ1) is 9.10. The van der Waals surface area contributed by atoms with Crippen LogP contribution in [0.25, 0.3) is 0 Å². The molecule has 1 unspecified atom stereocenters. The number of anilines is 1. The Bertz CT molecular complexity index is 403. The van der Waals surface area contributed by atoms with Crippen molar-refractivity contribution in [3.8, 4) is 11.8 Å². The number of hydrogen-bond donors (Lipinski definition) is 2. The molecule has 7 nitrogen and oxygen atoms in total. The lowest BCUT2D eigenvalue weighted by Gasteiger charge is -2.11. The molecule has 19 heavy (non-hydrogen) atoms. The van der Waals surface area contributed by atoms with Gasteiger partial charge in [-0.3, -0.25) is 10.1 Å². The molecule has 0 bridgehead atoms. The third kappa shape index (κ3) is 4.70. The van der Waals surface area contributed by atoms with Crippen LogP contribution in [0.1, 0.15) is 26.2 Å². The van der Waals surface area contributed by atoms with Gasteiger partial charge >= 0.3 is 0 Å². The standard InChI is InChI=1S/C12H20N4O3/c1-4-5-6-8(13)11(17)16-12-14-9(18-2)7-10(15-12)19-3/h7-8H,4-6,13H2,1-3H3,(H,14,15,16,17). The van der Waals surface area contributed by atoms with Crippen LogP contribution in [0.4, 0.5) is 5.95 Å². The van der Waals surface area contributed by atoms with Crippen molar-refractivity contribution in [1.82, 2.24) is 9.97 Å². The van der Waals surface area contributed by atoms with Crippen molar-refractivity contribution in [2.75, 3.05) is 19.5 Å². The topological polar surface area (TPSA) is 99.4 Å². The molecule has 0 radical (unpaired) electrons. The molecule has 0 aliphatic carbocycles. The van der Waals surface area contributed by atoms with Crippen LogP contribution in [0.15, 0.2) is 6.07 Å². The number of amides is 1. The summed E-state index contributed by atoms with van der Waals surface area (Å²) >= 11 is 0. The minimum atomic E-state index is -0.569. The molecule has 0 aromatic carbocycles. The van der Waals surface area contributed by atoms with E-state index >= 15 is 0 Å². The number of rotatable bonds is 7. The smallest absolute Gasteiger partial charge is 0.243 e. The Balaban J connectivity index is 2.72. The van der Waals surface area contributed by atoms with E-state index in [-0.39, 0.29) is 11.9 Å². The summed E-state index contributed by atoms with van der Waals surface area (Å²) < 4.78 is 9.98. The Morgan fingerprint density at radius 1 is 1.37 bits per heavy atom. The van der Waals surface area contributed by atoms with Crippen LogP contribution >= 0.6 is 0 Å². The van der Waals surface area contributed by atoms with Crippen LogP contribution in [0.5, 0.6) is 11.8 Å². The highest BCUT2D eigenvalue weighted by Gasteiger charge is 2.15. The average Bonchev–Trinajstić information content (AvgIpc) is 2.43. The van der Waals surface area contributed by atoms with E-state index in [0.29, 0.717) is 18.2 Å². The number of nitrogens with two attached hydrogens (primary N) is 1. The Morgan fingerprint density at radius 3 is 2.42 bits per heavy atom. The summed E-state index contributed by atoms with van der Waals surface area (Å²) in [7, 11) is 2.95. The number of carbonyl (C=O) groups is 1. The van der Waals surface area contributed by atoms with Gasteiger partial charge in [0.05, 0.1) is 26.3 Å². The van der Waals surface area contributed by atoms with Crippen LogP contribution in [0.3, 0.4) is 0 Å². The van der Waals surface area contributed by atoms with Crippen LogP contribution in [-0.2, 0) is 4.79 Å². The van der Waals surface area contributed by atoms with Gasteiger partial charge in [0.1, 0.15) is 0 Å². The van der Waals surface area contributed by atoms with Gasteiger partial charge < -0.3 is 15.2 Å². The Hall–Kier alpha value is -1.89. The number of methoxy groups -OCH3 is 2. The second-order valence-electron chi connectivity index (χ2n) is 4.01. The number of unbranched alkanes of at least 4 members (excludes halogenated alkanes) is 1. The first-order valence-corrected chi connectivity index (χ1v) is 6.14. The number of aromatic nitrogens is 2. The van der Waals surface area contributed by atoms with Gasteiger partial charge in [0, 0.05) is 0 Å². The van der Waals surface area contributed by atoms with Gasteiger partial charge in [-0.25, -0.2) is 0 Å². The van der Waals surface area contributed by atoms with Crippen molar-refractivity contribution in [3.63, 3.8) is 0 Å². The average molecular weight is 268 g/mol. The number of nitrogens with zero attached hydrogens (tertiary/aromatic N) is 2. The van der Waals surface area contributed by atoms with Gasteiger partial charge in [-0.1, -0.05) is 19.8 Å². The minimum Gasteiger partial charge on any atom is -0.481 e. The largest absolute Gasteiger partial charge is 0.481 e. The molecule has 7 heteroatoms. The minimum absolute atomic E-state index is 0.119. The molecule has 3 N–H and O–H groups in total. The molecule has 1 aromatic rings. The molecule has 1 aromatic heterocycles. The fourth-order valence-electron chi connectivity index (χ4n) is 1.43. The first-order valence-electron chi connectivity index (χ1n) is 6.14. The van der Waals surface area contributed by atoms with Gasteiger partial charge in [-0.2, -0.15) is 9.97 Å². The molecular formula is C12H20N4O3. The summed E-state index contributed by atoms with van der Waals surface area (Å²) in [6.07, 6.45) is 2.52. The number of nitrogens with one attached hydrogen (secondary N) is 1. The molecule has 0 saturated heterocycles. The molecule has 106 valence electrons. The van der Waals surface area contributed by atoms with E-state index in [9.17, 15) is 4.79 Å². The highest BCUT2D eigenvalue weighted by atomic mass is 16.5. The first kappa shape index (κ1) is 15.2. The second-order valence-corrected chi connectivity index (χ2v) is 4.01. The Morgan fingerprint density at radius 2 is 1.95 bits per heavy atom. The van der Waals surface area contributed by atoms with E-state index < -0.39 is 6.04 Å². The van der Waals surface area contributed by atoms with Crippen LogP contribution < -0.4 is 20.5 Å². The monoisotopic (exact) mass is 268 g/mol. The number of ether oxygens (including phenoxy) is 2. The predicted octanol–water partition coefficient (Wildman–Crippen LogP) is 0.950. The van der Waals surface area contributed by atoms with Crippen LogP contribution in [0, 0.1) is 0 Å². The normalized spacial score (nSPS) is 11.8. The van der Waals surface area contributed by atoms with E-state index in [4.69, 9.17) is 15.2 Å². The summed E-state index contributed by atoms with van der Waals surface area (Å²) in [5.74, 6) is 0.422. The van der Waals surface area contributed by atoms with Crippen molar-refractivity contribution in [3.05, 3.63) is 6.07 Å². The molecule has 1 rings (SSSR count). The maximum atomic E-state index is 11.8. The summed E-state index contributed by atoms with van der Waals surface area (Å²) in [5, 5.41) is 2.55. The second kappa shape index (κ2) is 7.52. The van der Waals surface area contributed by atoms with Gasteiger partial charge in [0.25, 0.3) is 0 Å². The molecule has 1 amide bonds. The maximum Gasteiger partial charge on any atom is 0.243 e. The third-order valence-electron chi connectivity index (χ3n) is 2.54. The van der Waals surface area contributed by atoms with Crippen LogP contribution in [0.2, 0.25) is 0 Å². The summed E-state index contributed by atoms with van der Waals surface area (Å²) in [6.45, 7) is 2.04. The summed E-state index contributed by atoms with van der Waals surface area (Å²) in [4.78, 5) is 19.8. The molecular weight excluding hydrogens is 248 g/mol. The SMILES string of the molecule is CCCCC(N)C(=O)Nc1nc(OC)cc(OC)n1. The van der Waals surface area contributed by atoms with Gasteiger partial charge in [-0.15, -0.1) is 0 Å². The number of carbonyl (C=O) groups excluding carboxylic acids is 1. The van der Waals surface area contributed by atoms with Crippen molar-refractivity contribution in [2.24, 2.45) is 5.73 Å². The molecule has 1 atom stereocenters. The van der Waals surface area contributed by atoms with E-state index in [2.05, 4.69) is 15.3 Å². The molecule has 0 fully saturated rings. The highest BCUT2D eigenvalue weighted by Crippen LogP contribution is 2.17. The van der Waals surface area contributed by atoms with Crippen molar-refractivity contribution >= 4 is 11.9 Å². The van der Waals surface area contributed by atoms with E-state index in [1.54, 1.807) is 0 Å². The zero-order valence-electron chi connectivity index (χ0n) is 11.5. The van der Waals surface area contributed by atoms with Gasteiger partial charge in [0.15, 0.2) is 0 Å². The van der Waals surface area contributed by atoms with Gasteiger partial charge in [0.2, 0.25) is 23.6 Å². The molecule has 1 heterocycles. The molecule has 0 aliphatic rings. The summed E-state index contributed by atoms with van der Waals surface area (Å²) in [5.41, 5.74) is 5.76. The summed E-state index contributed by atoms with van der Waals surface area (Å²) in [6, 6.07) is 0.952. The lowest BCUT2D eigenvalue weighted by Crippen LogP contribution is -2.36. The van der Waals surface area contributed by atoms with E-state index in [0.717, 1.165) is 12.8 Å². The Kier molecular flexibility index (Phi) is 6.01. The zero-order chi connectivity index (χ0) is 14.3. The Labute approximate surface area is 112 Å². The third-order valence-corrected chi connectivity index (χ3v) is 2.54. The van der Waals surface area contributed by atoms with Crippen molar-refractivity contribution in [2.45, 2.75) is 32.2 Å². The fourth-order valence-corrected chi connectivity index (χ4v) is 1.43. The van der Waals surface area contributed by atoms with Gasteiger partial charge in [-0.05, 0) is 6.42 Å². The fraction of sp³-hybridized carbons (Fsp3) is 0.583.